The molecule has 0 unspecified atom stereocenters. The van der Waals surface area contributed by atoms with E-state index < -0.39 is 0 Å². The second kappa shape index (κ2) is 7.11. The van der Waals surface area contributed by atoms with Crippen molar-refractivity contribution in [3.8, 4) is 11.5 Å². The number of aldehydes is 1. The van der Waals surface area contributed by atoms with E-state index in [2.05, 4.69) is 4.90 Å². The summed E-state index contributed by atoms with van der Waals surface area (Å²) in [5.74, 6) is 1.26. The molecule has 1 aromatic carbocycles. The zero-order valence-electron chi connectivity index (χ0n) is 11.1. The van der Waals surface area contributed by atoms with Crippen molar-refractivity contribution in [2.24, 2.45) is 0 Å². The first kappa shape index (κ1) is 13.8. The maximum absolute atomic E-state index is 10.8. The van der Waals surface area contributed by atoms with Crippen LogP contribution in [0.3, 0.4) is 0 Å². The molecule has 1 aliphatic rings. The van der Waals surface area contributed by atoms with E-state index in [-0.39, 0.29) is 0 Å². The first-order valence-electron chi connectivity index (χ1n) is 6.39. The number of ether oxygens (including phenoxy) is 3. The Bertz CT molecular complexity index is 416. The topological polar surface area (TPSA) is 48.0 Å². The van der Waals surface area contributed by atoms with Crippen LogP contribution in [0.5, 0.6) is 11.5 Å². The number of hydrogen-bond acceptors (Lipinski definition) is 5. The summed E-state index contributed by atoms with van der Waals surface area (Å²) in [6.07, 6.45) is 0.800. The van der Waals surface area contributed by atoms with Gasteiger partial charge in [0, 0.05) is 25.2 Å². The van der Waals surface area contributed by atoms with Crippen LogP contribution >= 0.6 is 0 Å². The maximum Gasteiger partial charge on any atom is 0.161 e. The average molecular weight is 265 g/mol. The molecule has 1 aliphatic heterocycles. The van der Waals surface area contributed by atoms with Crippen LogP contribution in [-0.4, -0.2) is 57.8 Å². The van der Waals surface area contributed by atoms with Crippen molar-refractivity contribution >= 4 is 6.29 Å². The highest BCUT2D eigenvalue weighted by Crippen LogP contribution is 2.27. The van der Waals surface area contributed by atoms with Gasteiger partial charge in [-0.1, -0.05) is 0 Å². The van der Waals surface area contributed by atoms with Crippen LogP contribution in [-0.2, 0) is 4.74 Å². The van der Waals surface area contributed by atoms with Crippen LogP contribution < -0.4 is 9.47 Å². The summed E-state index contributed by atoms with van der Waals surface area (Å²) < 4.78 is 16.2. The van der Waals surface area contributed by atoms with E-state index >= 15 is 0 Å². The normalized spacial score (nSPS) is 16.1. The fraction of sp³-hybridized carbons (Fsp3) is 0.500. The Morgan fingerprint density at radius 2 is 2.11 bits per heavy atom. The predicted octanol–water partition coefficient (Wildman–Crippen LogP) is 1.22. The van der Waals surface area contributed by atoms with Crippen molar-refractivity contribution < 1.29 is 19.0 Å². The van der Waals surface area contributed by atoms with Crippen LogP contribution in [0.4, 0.5) is 0 Å². The highest BCUT2D eigenvalue weighted by molar-refractivity contribution is 5.76. The molecule has 19 heavy (non-hydrogen) atoms. The fourth-order valence-electron chi connectivity index (χ4n) is 1.99. The van der Waals surface area contributed by atoms with Gasteiger partial charge in [0.1, 0.15) is 12.9 Å². The molecule has 1 saturated heterocycles. The van der Waals surface area contributed by atoms with Gasteiger partial charge in [-0.05, 0) is 18.2 Å². The summed E-state index contributed by atoms with van der Waals surface area (Å²) in [6.45, 7) is 4.86. The Balaban J connectivity index is 1.88. The van der Waals surface area contributed by atoms with Gasteiger partial charge >= 0.3 is 0 Å². The number of carbonyl (C=O) groups is 1. The van der Waals surface area contributed by atoms with Gasteiger partial charge in [-0.15, -0.1) is 0 Å². The molecular formula is C14H19NO4. The molecule has 0 N–H and O–H groups in total. The number of nitrogens with zero attached hydrogens (tertiary/aromatic N) is 1. The van der Waals surface area contributed by atoms with E-state index in [0.29, 0.717) is 23.7 Å². The van der Waals surface area contributed by atoms with Gasteiger partial charge in [-0.3, -0.25) is 9.69 Å². The van der Waals surface area contributed by atoms with E-state index in [1.807, 2.05) is 0 Å². The van der Waals surface area contributed by atoms with E-state index in [4.69, 9.17) is 14.2 Å². The van der Waals surface area contributed by atoms with E-state index in [1.165, 1.54) is 0 Å². The fourth-order valence-corrected chi connectivity index (χ4v) is 1.99. The average Bonchev–Trinajstić information content (AvgIpc) is 2.48. The van der Waals surface area contributed by atoms with Crippen molar-refractivity contribution in [3.05, 3.63) is 23.8 Å². The lowest BCUT2D eigenvalue weighted by Crippen LogP contribution is -2.38. The first-order chi connectivity index (χ1) is 9.33. The summed E-state index contributed by atoms with van der Waals surface area (Å²) >= 11 is 0. The van der Waals surface area contributed by atoms with Crippen molar-refractivity contribution in [2.45, 2.75) is 0 Å². The number of morpholine rings is 1. The number of methoxy groups -OCH3 is 1. The third-order valence-electron chi connectivity index (χ3n) is 3.09. The van der Waals surface area contributed by atoms with Gasteiger partial charge in [0.05, 0.1) is 20.3 Å². The van der Waals surface area contributed by atoms with E-state index in [9.17, 15) is 4.79 Å². The molecule has 0 atom stereocenters. The minimum atomic E-state index is 0.568. The van der Waals surface area contributed by atoms with Gasteiger partial charge in [-0.2, -0.15) is 0 Å². The van der Waals surface area contributed by atoms with Crippen molar-refractivity contribution in [2.75, 3.05) is 46.6 Å². The second-order valence-corrected chi connectivity index (χ2v) is 4.33. The number of benzene rings is 1. The molecule has 0 bridgehead atoms. The molecule has 0 aromatic heterocycles. The van der Waals surface area contributed by atoms with Crippen LogP contribution in [0.1, 0.15) is 10.4 Å². The largest absolute Gasteiger partial charge is 0.493 e. The quantitative estimate of drug-likeness (QED) is 0.724. The van der Waals surface area contributed by atoms with Crippen LogP contribution in [0, 0.1) is 0 Å². The van der Waals surface area contributed by atoms with E-state index in [0.717, 1.165) is 39.1 Å². The molecular weight excluding hydrogens is 246 g/mol. The monoisotopic (exact) mass is 265 g/mol. The van der Waals surface area contributed by atoms with Crippen molar-refractivity contribution in [3.63, 3.8) is 0 Å². The van der Waals surface area contributed by atoms with Gasteiger partial charge in [0.25, 0.3) is 0 Å². The molecule has 0 radical (unpaired) electrons. The minimum Gasteiger partial charge on any atom is -0.493 e. The zero-order valence-corrected chi connectivity index (χ0v) is 11.1. The lowest BCUT2D eigenvalue weighted by atomic mass is 10.2. The predicted molar refractivity (Wildman–Crippen MR) is 71.1 cm³/mol. The molecule has 1 aromatic rings. The molecule has 0 aliphatic carbocycles. The number of rotatable bonds is 6. The Hall–Kier alpha value is -1.59. The molecule has 5 nitrogen and oxygen atoms in total. The minimum absolute atomic E-state index is 0.568. The zero-order chi connectivity index (χ0) is 13.5. The standard InChI is InChI=1S/C14H19NO4/c1-17-13-3-2-12(11-16)10-14(13)19-9-6-15-4-7-18-8-5-15/h2-3,10-11H,4-9H2,1H3. The van der Waals surface area contributed by atoms with Crippen molar-refractivity contribution in [1.29, 1.82) is 0 Å². The third kappa shape index (κ3) is 3.94. The second-order valence-electron chi connectivity index (χ2n) is 4.33. The van der Waals surface area contributed by atoms with Gasteiger partial charge in [-0.25, -0.2) is 0 Å². The van der Waals surface area contributed by atoms with Gasteiger partial charge < -0.3 is 14.2 Å². The lowest BCUT2D eigenvalue weighted by Gasteiger charge is -2.26. The highest BCUT2D eigenvalue weighted by atomic mass is 16.5. The molecule has 0 spiro atoms. The van der Waals surface area contributed by atoms with Gasteiger partial charge in [0.2, 0.25) is 0 Å². The third-order valence-corrected chi connectivity index (χ3v) is 3.09. The Morgan fingerprint density at radius 1 is 1.32 bits per heavy atom. The SMILES string of the molecule is COc1ccc(C=O)cc1OCCN1CCOCC1. The molecule has 0 amide bonds. The summed E-state index contributed by atoms with van der Waals surface area (Å²) in [5, 5.41) is 0. The summed E-state index contributed by atoms with van der Waals surface area (Å²) in [6, 6.07) is 5.15. The molecule has 104 valence electrons. The maximum atomic E-state index is 10.8. The van der Waals surface area contributed by atoms with Crippen LogP contribution in [0.15, 0.2) is 18.2 Å². The number of hydrogen-bond donors (Lipinski definition) is 0. The number of carbonyl (C=O) groups excluding carboxylic acids is 1. The summed E-state index contributed by atoms with van der Waals surface area (Å²) in [7, 11) is 1.59. The lowest BCUT2D eigenvalue weighted by molar-refractivity contribution is 0.0321. The summed E-state index contributed by atoms with van der Waals surface area (Å²) in [4.78, 5) is 13.1. The van der Waals surface area contributed by atoms with Crippen LogP contribution in [0.25, 0.3) is 0 Å². The first-order valence-corrected chi connectivity index (χ1v) is 6.39. The molecule has 1 fully saturated rings. The van der Waals surface area contributed by atoms with Gasteiger partial charge in [0.15, 0.2) is 11.5 Å². The Morgan fingerprint density at radius 3 is 2.79 bits per heavy atom. The Kier molecular flexibility index (Phi) is 5.18. The molecule has 0 saturated carbocycles. The molecule has 5 heteroatoms. The highest BCUT2D eigenvalue weighted by Gasteiger charge is 2.11. The smallest absolute Gasteiger partial charge is 0.161 e. The Labute approximate surface area is 113 Å². The van der Waals surface area contributed by atoms with Crippen LogP contribution in [0.2, 0.25) is 0 Å². The van der Waals surface area contributed by atoms with Crippen molar-refractivity contribution in [1.82, 2.24) is 4.90 Å². The van der Waals surface area contributed by atoms with E-state index in [1.54, 1.807) is 25.3 Å². The summed E-state index contributed by atoms with van der Waals surface area (Å²) in [5.41, 5.74) is 0.585. The molecule has 2 rings (SSSR count). The molecule has 1 heterocycles.